The van der Waals surface area contributed by atoms with Gasteiger partial charge in [0.05, 0.1) is 16.7 Å². The number of anilines is 1. The molecular weight excluding hydrogens is 434 g/mol. The van der Waals surface area contributed by atoms with Crippen molar-refractivity contribution in [2.45, 2.75) is 6.61 Å². The Balaban J connectivity index is 1.66. The van der Waals surface area contributed by atoms with E-state index in [0.717, 1.165) is 17.7 Å². The molecule has 0 atom stereocenters. The molecule has 0 radical (unpaired) electrons. The second kappa shape index (κ2) is 10.1. The molecule has 0 saturated heterocycles. The van der Waals surface area contributed by atoms with Crippen molar-refractivity contribution in [3.63, 3.8) is 0 Å². The smallest absolute Gasteiger partial charge is 0.273 e. The van der Waals surface area contributed by atoms with E-state index in [1.807, 2.05) is 12.1 Å². The lowest BCUT2D eigenvalue weighted by Gasteiger charge is -2.08. The number of nitrogens with one attached hydrogen (secondary N) is 1. The van der Waals surface area contributed by atoms with E-state index in [1.165, 1.54) is 12.1 Å². The van der Waals surface area contributed by atoms with Crippen molar-refractivity contribution >= 4 is 35.0 Å². The van der Waals surface area contributed by atoms with E-state index in [1.54, 1.807) is 42.5 Å². The standard InChI is InChI=1S/C23H16ClN3O5/c24-18-5-1-16(2-6-18)14-32-20-8-3-15(4-9-20)11-17(13-25)23(29)26-21-10-7-19(27(30)31)12-22(21)28/h1-12,28H,14H2,(H,26,29)/b17-11+. The Labute approximate surface area is 188 Å². The number of hydrogen-bond acceptors (Lipinski definition) is 6. The summed E-state index contributed by atoms with van der Waals surface area (Å²) in [6.45, 7) is 0.358. The lowest BCUT2D eigenvalue weighted by Crippen LogP contribution is -2.13. The number of hydrogen-bond donors (Lipinski definition) is 2. The molecule has 1 amide bonds. The second-order valence-corrected chi connectivity index (χ2v) is 7.00. The van der Waals surface area contributed by atoms with Gasteiger partial charge in [0, 0.05) is 11.1 Å². The molecule has 0 aromatic heterocycles. The highest BCUT2D eigenvalue weighted by atomic mass is 35.5. The van der Waals surface area contributed by atoms with Crippen molar-refractivity contribution in [3.8, 4) is 17.6 Å². The topological polar surface area (TPSA) is 125 Å². The monoisotopic (exact) mass is 449 g/mol. The van der Waals surface area contributed by atoms with E-state index in [0.29, 0.717) is 22.9 Å². The minimum Gasteiger partial charge on any atom is -0.506 e. The van der Waals surface area contributed by atoms with Crippen LogP contribution < -0.4 is 10.1 Å². The molecule has 8 nitrogen and oxygen atoms in total. The van der Waals surface area contributed by atoms with Gasteiger partial charge in [-0.15, -0.1) is 0 Å². The molecule has 0 spiro atoms. The van der Waals surface area contributed by atoms with Gasteiger partial charge in [0.25, 0.3) is 11.6 Å². The molecular formula is C23H16ClN3O5. The van der Waals surface area contributed by atoms with Gasteiger partial charge in [0.15, 0.2) is 0 Å². The van der Waals surface area contributed by atoms with Crippen LogP contribution in [0, 0.1) is 21.4 Å². The van der Waals surface area contributed by atoms with Gasteiger partial charge >= 0.3 is 0 Å². The summed E-state index contributed by atoms with van der Waals surface area (Å²) in [6.07, 6.45) is 1.38. The molecule has 160 valence electrons. The average molecular weight is 450 g/mol. The molecule has 0 saturated carbocycles. The molecule has 0 aliphatic carbocycles. The zero-order valence-corrected chi connectivity index (χ0v) is 17.2. The van der Waals surface area contributed by atoms with Crippen molar-refractivity contribution in [2.75, 3.05) is 5.32 Å². The fourth-order valence-electron chi connectivity index (χ4n) is 2.65. The molecule has 0 unspecified atom stereocenters. The molecule has 9 heteroatoms. The lowest BCUT2D eigenvalue weighted by atomic mass is 10.1. The Bertz CT molecular complexity index is 1220. The Morgan fingerprint density at radius 3 is 2.44 bits per heavy atom. The SMILES string of the molecule is N#C/C(=C\c1ccc(OCc2ccc(Cl)cc2)cc1)C(=O)Nc1ccc([N+](=O)[O-])cc1O. The molecule has 3 aromatic rings. The zero-order valence-electron chi connectivity index (χ0n) is 16.5. The van der Waals surface area contributed by atoms with Crippen LogP contribution in [-0.2, 0) is 11.4 Å². The lowest BCUT2D eigenvalue weighted by molar-refractivity contribution is -0.384. The maximum absolute atomic E-state index is 12.4. The van der Waals surface area contributed by atoms with Gasteiger partial charge in [0.1, 0.15) is 29.7 Å². The van der Waals surface area contributed by atoms with Crippen LogP contribution in [0.3, 0.4) is 0 Å². The number of benzene rings is 3. The zero-order chi connectivity index (χ0) is 23.1. The summed E-state index contributed by atoms with van der Waals surface area (Å²) in [7, 11) is 0. The maximum atomic E-state index is 12.4. The first kappa shape index (κ1) is 22.3. The fourth-order valence-corrected chi connectivity index (χ4v) is 2.78. The van der Waals surface area contributed by atoms with Crippen LogP contribution >= 0.6 is 11.6 Å². The first-order valence-corrected chi connectivity index (χ1v) is 9.61. The molecule has 0 heterocycles. The number of phenols is 1. The van der Waals surface area contributed by atoms with E-state index >= 15 is 0 Å². The van der Waals surface area contributed by atoms with Crippen LogP contribution in [0.5, 0.6) is 11.5 Å². The number of carbonyl (C=O) groups is 1. The third-order valence-corrected chi connectivity index (χ3v) is 4.57. The highest BCUT2D eigenvalue weighted by Gasteiger charge is 2.15. The molecule has 32 heavy (non-hydrogen) atoms. The Morgan fingerprint density at radius 2 is 1.84 bits per heavy atom. The third-order valence-electron chi connectivity index (χ3n) is 4.32. The summed E-state index contributed by atoms with van der Waals surface area (Å²) in [4.78, 5) is 22.5. The summed E-state index contributed by atoms with van der Waals surface area (Å²) in [6, 6.07) is 19.1. The highest BCUT2D eigenvalue weighted by Crippen LogP contribution is 2.28. The molecule has 0 fully saturated rings. The van der Waals surface area contributed by atoms with Crippen molar-refractivity contribution in [3.05, 3.63) is 98.6 Å². The van der Waals surface area contributed by atoms with E-state index in [2.05, 4.69) is 5.32 Å². The van der Waals surface area contributed by atoms with Gasteiger partial charge < -0.3 is 15.2 Å². The van der Waals surface area contributed by atoms with Gasteiger partial charge in [-0.1, -0.05) is 35.9 Å². The molecule has 0 aliphatic heterocycles. The summed E-state index contributed by atoms with van der Waals surface area (Å²) in [5, 5.41) is 33.0. The van der Waals surface area contributed by atoms with Crippen molar-refractivity contribution in [2.24, 2.45) is 0 Å². The van der Waals surface area contributed by atoms with E-state index in [9.17, 15) is 25.3 Å². The molecule has 0 aliphatic rings. The number of nitro groups is 1. The number of non-ortho nitro benzene ring substituents is 1. The maximum Gasteiger partial charge on any atom is 0.273 e. The van der Waals surface area contributed by atoms with Crippen LogP contribution in [0.25, 0.3) is 6.08 Å². The number of amides is 1. The number of phenolic OH excluding ortho intramolecular Hbond substituents is 1. The van der Waals surface area contributed by atoms with Gasteiger partial charge in [-0.25, -0.2) is 0 Å². The normalized spacial score (nSPS) is 10.8. The van der Waals surface area contributed by atoms with E-state index < -0.39 is 16.6 Å². The first-order valence-electron chi connectivity index (χ1n) is 9.23. The van der Waals surface area contributed by atoms with Gasteiger partial charge in [-0.3, -0.25) is 14.9 Å². The number of carbonyl (C=O) groups excluding carboxylic acids is 1. The van der Waals surface area contributed by atoms with E-state index in [4.69, 9.17) is 16.3 Å². The van der Waals surface area contributed by atoms with Crippen molar-refractivity contribution in [1.82, 2.24) is 0 Å². The Hall–Kier alpha value is -4.35. The van der Waals surface area contributed by atoms with Gasteiger partial charge in [0.2, 0.25) is 0 Å². The molecule has 3 aromatic carbocycles. The third kappa shape index (κ3) is 5.84. The minimum atomic E-state index is -0.764. The fraction of sp³-hybridized carbons (Fsp3) is 0.0435. The van der Waals surface area contributed by atoms with Crippen LogP contribution in [0.2, 0.25) is 5.02 Å². The predicted molar refractivity (Wildman–Crippen MR) is 119 cm³/mol. The predicted octanol–water partition coefficient (Wildman–Crippen LogP) is 5.08. The number of rotatable bonds is 7. The number of nitro benzene ring substituents is 1. The summed E-state index contributed by atoms with van der Waals surface area (Å²) in [5.74, 6) is -0.636. The Morgan fingerprint density at radius 1 is 1.16 bits per heavy atom. The van der Waals surface area contributed by atoms with Gasteiger partial charge in [-0.05, 0) is 47.5 Å². The van der Waals surface area contributed by atoms with Crippen LogP contribution in [-0.4, -0.2) is 15.9 Å². The van der Waals surface area contributed by atoms with Crippen molar-refractivity contribution in [1.29, 1.82) is 5.26 Å². The number of ether oxygens (including phenoxy) is 1. The first-order chi connectivity index (χ1) is 15.4. The summed E-state index contributed by atoms with van der Waals surface area (Å²) >= 11 is 5.86. The molecule has 0 bridgehead atoms. The average Bonchev–Trinajstić information content (AvgIpc) is 2.79. The largest absolute Gasteiger partial charge is 0.506 e. The summed E-state index contributed by atoms with van der Waals surface area (Å²) < 4.78 is 5.70. The Kier molecular flexibility index (Phi) is 7.06. The quantitative estimate of drug-likeness (QED) is 0.170. The second-order valence-electron chi connectivity index (χ2n) is 6.57. The minimum absolute atomic E-state index is 0.0484. The number of nitrogens with zero attached hydrogens (tertiary/aromatic N) is 2. The van der Waals surface area contributed by atoms with Crippen molar-refractivity contribution < 1.29 is 19.6 Å². The number of nitriles is 1. The molecule has 2 N–H and O–H groups in total. The van der Waals surface area contributed by atoms with E-state index in [-0.39, 0.29) is 16.9 Å². The van der Waals surface area contributed by atoms with Gasteiger partial charge in [-0.2, -0.15) is 5.26 Å². The van der Waals surface area contributed by atoms with Crippen LogP contribution in [0.15, 0.2) is 72.3 Å². The summed E-state index contributed by atoms with van der Waals surface area (Å²) in [5.41, 5.74) is 0.958. The highest BCUT2D eigenvalue weighted by molar-refractivity contribution is 6.30. The van der Waals surface area contributed by atoms with Crippen LogP contribution in [0.1, 0.15) is 11.1 Å². The number of halogens is 1. The number of aromatic hydroxyl groups is 1. The molecule has 3 rings (SSSR count). The van der Waals surface area contributed by atoms with Crippen LogP contribution in [0.4, 0.5) is 11.4 Å².